The lowest BCUT2D eigenvalue weighted by molar-refractivity contribution is -0.384. The lowest BCUT2D eigenvalue weighted by Crippen LogP contribution is -2.13. The molecule has 0 radical (unpaired) electrons. The van der Waals surface area contributed by atoms with Crippen molar-refractivity contribution in [3.63, 3.8) is 0 Å². The normalized spacial score (nSPS) is 12.7. The van der Waals surface area contributed by atoms with E-state index in [9.17, 15) is 10.1 Å². The third-order valence-corrected chi connectivity index (χ3v) is 4.32. The van der Waals surface area contributed by atoms with Crippen LogP contribution in [0.3, 0.4) is 0 Å². The molecule has 0 spiro atoms. The Morgan fingerprint density at radius 2 is 2.04 bits per heavy atom. The molecule has 0 saturated heterocycles. The molecule has 122 valence electrons. The number of unbranched alkanes of at least 4 members (excludes halogenated alkanes) is 1. The van der Waals surface area contributed by atoms with Crippen LogP contribution in [-0.4, -0.2) is 22.4 Å². The molecule has 0 fully saturated rings. The molecule has 2 rings (SSSR count). The Labute approximate surface area is 139 Å². The number of hydrogen-bond acceptors (Lipinski definition) is 5. The standard InChI is InChI=1S/C16H20N4O2S/c1-4-5-6-12(2)18-19-15(11-23-16(19)17-3)13-7-9-14(10-8-13)20(21)22/h7-11H,4-6H2,1-3H3. The zero-order chi connectivity index (χ0) is 16.8. The van der Waals surface area contributed by atoms with Gasteiger partial charge in [-0.2, -0.15) is 5.10 Å². The minimum Gasteiger partial charge on any atom is -0.261 e. The largest absolute Gasteiger partial charge is 0.269 e. The smallest absolute Gasteiger partial charge is 0.261 e. The van der Waals surface area contributed by atoms with Crippen LogP contribution in [0.5, 0.6) is 0 Å². The van der Waals surface area contributed by atoms with Crippen LogP contribution in [-0.2, 0) is 0 Å². The molecule has 0 aliphatic carbocycles. The summed E-state index contributed by atoms with van der Waals surface area (Å²) in [5.41, 5.74) is 2.90. The predicted molar refractivity (Wildman–Crippen MR) is 93.9 cm³/mol. The second-order valence-electron chi connectivity index (χ2n) is 5.18. The summed E-state index contributed by atoms with van der Waals surface area (Å²) in [6.45, 7) is 4.17. The predicted octanol–water partition coefficient (Wildman–Crippen LogP) is 4.07. The van der Waals surface area contributed by atoms with Gasteiger partial charge in [0.1, 0.15) is 0 Å². The van der Waals surface area contributed by atoms with Gasteiger partial charge >= 0.3 is 0 Å². The molecule has 0 N–H and O–H groups in total. The maximum atomic E-state index is 10.8. The monoisotopic (exact) mass is 332 g/mol. The topological polar surface area (TPSA) is 72.8 Å². The minimum absolute atomic E-state index is 0.0820. The molecule has 0 aliphatic rings. The Kier molecular flexibility index (Phi) is 5.81. The Hall–Kier alpha value is -2.28. The Balaban J connectivity index is 2.44. The number of rotatable bonds is 6. The highest BCUT2D eigenvalue weighted by Gasteiger charge is 2.10. The van der Waals surface area contributed by atoms with Gasteiger partial charge in [-0.1, -0.05) is 13.3 Å². The van der Waals surface area contributed by atoms with Crippen molar-refractivity contribution in [1.29, 1.82) is 0 Å². The van der Waals surface area contributed by atoms with Crippen LogP contribution in [0, 0.1) is 10.1 Å². The summed E-state index contributed by atoms with van der Waals surface area (Å²) in [5, 5.41) is 17.4. The van der Waals surface area contributed by atoms with E-state index in [-0.39, 0.29) is 5.69 Å². The van der Waals surface area contributed by atoms with Crippen LogP contribution in [0.1, 0.15) is 33.1 Å². The van der Waals surface area contributed by atoms with E-state index in [0.29, 0.717) is 0 Å². The van der Waals surface area contributed by atoms with Crippen molar-refractivity contribution in [2.45, 2.75) is 33.1 Å². The summed E-state index contributed by atoms with van der Waals surface area (Å²) in [5.74, 6) is 0. The number of aromatic nitrogens is 1. The van der Waals surface area contributed by atoms with E-state index in [4.69, 9.17) is 0 Å². The lowest BCUT2D eigenvalue weighted by Gasteiger charge is -2.05. The van der Waals surface area contributed by atoms with Gasteiger partial charge in [0, 0.05) is 35.8 Å². The molecule has 0 atom stereocenters. The van der Waals surface area contributed by atoms with Crippen LogP contribution >= 0.6 is 11.3 Å². The third kappa shape index (κ3) is 4.13. The summed E-state index contributed by atoms with van der Waals surface area (Å²) in [6, 6.07) is 6.50. The number of nitrogens with zero attached hydrogens (tertiary/aromatic N) is 4. The molecule has 0 bridgehead atoms. The second-order valence-corrected chi connectivity index (χ2v) is 6.02. The van der Waals surface area contributed by atoms with E-state index >= 15 is 0 Å². The number of non-ortho nitro benzene ring substituents is 1. The first-order valence-corrected chi connectivity index (χ1v) is 8.37. The van der Waals surface area contributed by atoms with Crippen LogP contribution in [0.25, 0.3) is 11.3 Å². The highest BCUT2D eigenvalue weighted by Crippen LogP contribution is 2.23. The number of hydrogen-bond donors (Lipinski definition) is 0. The first kappa shape index (κ1) is 17.1. The number of nitro benzene ring substituents is 1. The van der Waals surface area contributed by atoms with Gasteiger partial charge in [0.2, 0.25) is 4.80 Å². The molecule has 1 heterocycles. The van der Waals surface area contributed by atoms with Crippen LogP contribution in [0.2, 0.25) is 0 Å². The average Bonchev–Trinajstić information content (AvgIpc) is 2.95. The average molecular weight is 332 g/mol. The Morgan fingerprint density at radius 1 is 1.35 bits per heavy atom. The van der Waals surface area contributed by atoms with Crippen molar-refractivity contribution in [3.8, 4) is 11.3 Å². The van der Waals surface area contributed by atoms with Gasteiger partial charge in [-0.25, -0.2) is 4.68 Å². The van der Waals surface area contributed by atoms with Gasteiger partial charge in [-0.05, 0) is 31.9 Å². The van der Waals surface area contributed by atoms with E-state index in [1.54, 1.807) is 19.2 Å². The van der Waals surface area contributed by atoms with E-state index in [1.807, 2.05) is 17.0 Å². The van der Waals surface area contributed by atoms with Gasteiger partial charge in [-0.3, -0.25) is 15.1 Å². The second kappa shape index (κ2) is 7.82. The van der Waals surface area contributed by atoms with Gasteiger partial charge in [0.15, 0.2) is 0 Å². The van der Waals surface area contributed by atoms with Crippen LogP contribution in [0.15, 0.2) is 39.7 Å². The van der Waals surface area contributed by atoms with E-state index < -0.39 is 4.92 Å². The van der Waals surface area contributed by atoms with E-state index in [2.05, 4.69) is 17.0 Å². The molecule has 0 amide bonds. The van der Waals surface area contributed by atoms with Crippen LogP contribution < -0.4 is 4.80 Å². The quantitative estimate of drug-likeness (QED) is 0.454. The van der Waals surface area contributed by atoms with E-state index in [0.717, 1.165) is 41.0 Å². The maximum Gasteiger partial charge on any atom is 0.269 e. The molecule has 0 aliphatic heterocycles. The summed E-state index contributed by atoms with van der Waals surface area (Å²) < 4.78 is 1.82. The molecular formula is C16H20N4O2S. The first-order valence-electron chi connectivity index (χ1n) is 7.49. The number of benzene rings is 1. The SMILES string of the molecule is CCCCC(C)=Nn1c(-c2ccc([N+](=O)[O-])cc2)csc1=NC. The fraction of sp³-hybridized carbons (Fsp3) is 0.375. The summed E-state index contributed by atoms with van der Waals surface area (Å²) in [6.07, 6.45) is 3.18. The summed E-state index contributed by atoms with van der Waals surface area (Å²) in [7, 11) is 1.73. The van der Waals surface area contributed by atoms with Crippen molar-refractivity contribution in [2.24, 2.45) is 10.1 Å². The van der Waals surface area contributed by atoms with Crippen LogP contribution in [0.4, 0.5) is 5.69 Å². The van der Waals surface area contributed by atoms with Gasteiger partial charge in [0.25, 0.3) is 5.69 Å². The molecule has 7 heteroatoms. The molecule has 0 saturated carbocycles. The first-order chi connectivity index (χ1) is 11.1. The maximum absolute atomic E-state index is 10.8. The van der Waals surface area contributed by atoms with Crippen molar-refractivity contribution in [3.05, 3.63) is 44.6 Å². The highest BCUT2D eigenvalue weighted by molar-refractivity contribution is 7.07. The fourth-order valence-electron chi connectivity index (χ4n) is 2.15. The molecule has 6 nitrogen and oxygen atoms in total. The zero-order valence-corrected chi connectivity index (χ0v) is 14.3. The number of nitro groups is 1. The van der Waals surface area contributed by atoms with Crippen molar-refractivity contribution >= 4 is 22.7 Å². The molecule has 2 aromatic rings. The molecule has 1 aromatic carbocycles. The molecular weight excluding hydrogens is 312 g/mol. The number of thiazole rings is 1. The fourth-order valence-corrected chi connectivity index (χ4v) is 2.95. The summed E-state index contributed by atoms with van der Waals surface area (Å²) in [4.78, 5) is 15.4. The van der Waals surface area contributed by atoms with Gasteiger partial charge in [0.05, 0.1) is 10.6 Å². The molecule has 0 unspecified atom stereocenters. The van der Waals surface area contributed by atoms with Crippen molar-refractivity contribution < 1.29 is 4.92 Å². The van der Waals surface area contributed by atoms with Gasteiger partial charge < -0.3 is 0 Å². The lowest BCUT2D eigenvalue weighted by atomic mass is 10.1. The Morgan fingerprint density at radius 3 is 2.61 bits per heavy atom. The van der Waals surface area contributed by atoms with E-state index in [1.165, 1.54) is 23.5 Å². The zero-order valence-electron chi connectivity index (χ0n) is 13.5. The Bertz CT molecular complexity index is 772. The van der Waals surface area contributed by atoms with Gasteiger partial charge in [-0.15, -0.1) is 11.3 Å². The molecule has 1 aromatic heterocycles. The van der Waals surface area contributed by atoms with Crippen molar-refractivity contribution in [2.75, 3.05) is 7.05 Å². The third-order valence-electron chi connectivity index (χ3n) is 3.41. The summed E-state index contributed by atoms with van der Waals surface area (Å²) >= 11 is 1.50. The minimum atomic E-state index is -0.398. The van der Waals surface area contributed by atoms with Crippen molar-refractivity contribution in [1.82, 2.24) is 4.68 Å². The molecule has 23 heavy (non-hydrogen) atoms. The highest BCUT2D eigenvalue weighted by atomic mass is 32.1.